The number of hydrogen-bond donors (Lipinski definition) is 1. The molecule has 6 heteroatoms. The van der Waals surface area contributed by atoms with Gasteiger partial charge in [0, 0.05) is 23.3 Å². The van der Waals surface area contributed by atoms with Crippen LogP contribution in [0, 0.1) is 11.8 Å². The van der Waals surface area contributed by atoms with Crippen molar-refractivity contribution in [1.82, 2.24) is 5.32 Å². The number of rotatable bonds is 3. The van der Waals surface area contributed by atoms with Crippen LogP contribution in [-0.4, -0.2) is 37.6 Å². The average Bonchev–Trinajstić information content (AvgIpc) is 2.86. The summed E-state index contributed by atoms with van der Waals surface area (Å²) in [6, 6.07) is 3.38. The third-order valence-electron chi connectivity index (χ3n) is 5.35. The van der Waals surface area contributed by atoms with E-state index in [9.17, 15) is 9.59 Å². The molecule has 2 aliphatic rings. The number of nitrogens with one attached hydrogen (secondary N) is 1. The number of benzene rings is 1. The minimum Gasteiger partial charge on any atom is -0.496 e. The van der Waals surface area contributed by atoms with E-state index in [0.29, 0.717) is 34.7 Å². The summed E-state index contributed by atoms with van der Waals surface area (Å²) in [6.07, 6.45) is 2.77. The number of methoxy groups -OCH3 is 2. The third kappa shape index (κ3) is 3.08. The van der Waals surface area contributed by atoms with Crippen molar-refractivity contribution in [2.24, 2.45) is 0 Å². The summed E-state index contributed by atoms with van der Waals surface area (Å²) in [5, 5.41) is 3.26. The van der Waals surface area contributed by atoms with E-state index in [0.717, 1.165) is 12.8 Å². The predicted octanol–water partition coefficient (Wildman–Crippen LogP) is 2.83. The number of carbonyl (C=O) groups is 2. The van der Waals surface area contributed by atoms with E-state index in [2.05, 4.69) is 17.2 Å². The first-order valence-corrected chi connectivity index (χ1v) is 9.03. The Balaban J connectivity index is 1.98. The molecule has 1 aromatic carbocycles. The van der Waals surface area contributed by atoms with E-state index in [1.165, 1.54) is 7.11 Å². The lowest BCUT2D eigenvalue weighted by Crippen LogP contribution is -2.50. The van der Waals surface area contributed by atoms with Crippen LogP contribution in [0.4, 0.5) is 0 Å². The van der Waals surface area contributed by atoms with Gasteiger partial charge in [-0.15, -0.1) is 5.92 Å². The number of carbonyl (C=O) groups excluding carboxylic acids is 2. The Bertz CT molecular complexity index is 800. The topological polar surface area (TPSA) is 64.6 Å². The van der Waals surface area contributed by atoms with Gasteiger partial charge in [0.05, 0.1) is 18.8 Å². The first-order valence-electron chi connectivity index (χ1n) is 8.65. The number of Topliss-reactive ketones (excluding diaryl/α,β-unsaturated/α-hetero) is 1. The SMILES string of the molecule is CC#Cc1cc(Cl)c(C2C(=O)NC3(CCC(OC)CC3)C2=O)c(OC)c1. The second-order valence-corrected chi connectivity index (χ2v) is 7.16. The van der Waals surface area contributed by atoms with Crippen molar-refractivity contribution in [1.29, 1.82) is 0 Å². The monoisotopic (exact) mass is 375 g/mol. The van der Waals surface area contributed by atoms with Crippen LogP contribution in [0.3, 0.4) is 0 Å². The van der Waals surface area contributed by atoms with Crippen LogP contribution in [0.15, 0.2) is 12.1 Å². The van der Waals surface area contributed by atoms with Gasteiger partial charge >= 0.3 is 0 Å². The van der Waals surface area contributed by atoms with Gasteiger partial charge in [-0.3, -0.25) is 9.59 Å². The lowest BCUT2D eigenvalue weighted by molar-refractivity contribution is -0.126. The van der Waals surface area contributed by atoms with E-state index < -0.39 is 11.5 Å². The number of ether oxygens (including phenoxy) is 2. The standard InChI is InChI=1S/C20H22ClNO4/c1-4-5-12-10-14(21)16(15(11-12)26-3)17-18(23)20(22-19(17)24)8-6-13(25-2)7-9-20/h10-11,13,17H,6-9H2,1-3H3,(H,22,24). The Morgan fingerprint density at radius 3 is 2.50 bits per heavy atom. The zero-order valence-corrected chi connectivity index (χ0v) is 15.9. The highest BCUT2D eigenvalue weighted by Gasteiger charge is 2.55. The van der Waals surface area contributed by atoms with Crippen molar-refractivity contribution in [2.45, 2.75) is 50.2 Å². The van der Waals surface area contributed by atoms with Gasteiger partial charge in [0.15, 0.2) is 5.78 Å². The minimum absolute atomic E-state index is 0.133. The van der Waals surface area contributed by atoms with Gasteiger partial charge < -0.3 is 14.8 Å². The number of amides is 1. The van der Waals surface area contributed by atoms with E-state index in [1.54, 1.807) is 26.2 Å². The molecule has 1 saturated carbocycles. The molecule has 26 heavy (non-hydrogen) atoms. The summed E-state index contributed by atoms with van der Waals surface area (Å²) in [7, 11) is 3.17. The molecule has 1 amide bonds. The summed E-state index contributed by atoms with van der Waals surface area (Å²) in [6.45, 7) is 1.72. The molecule has 0 aromatic heterocycles. The molecule has 1 N–H and O–H groups in total. The van der Waals surface area contributed by atoms with E-state index in [1.807, 2.05) is 0 Å². The molecule has 1 saturated heterocycles. The number of halogens is 1. The Morgan fingerprint density at radius 1 is 1.23 bits per heavy atom. The fourth-order valence-corrected chi connectivity index (χ4v) is 4.30. The molecule has 1 spiro atoms. The van der Waals surface area contributed by atoms with Gasteiger partial charge in [-0.05, 0) is 44.7 Å². The molecule has 1 aromatic rings. The Morgan fingerprint density at radius 2 is 1.92 bits per heavy atom. The normalized spacial score (nSPS) is 27.8. The first kappa shape index (κ1) is 18.8. The molecular formula is C20H22ClNO4. The highest BCUT2D eigenvalue weighted by atomic mass is 35.5. The molecule has 2 fully saturated rings. The summed E-state index contributed by atoms with van der Waals surface area (Å²) >= 11 is 6.43. The highest BCUT2D eigenvalue weighted by molar-refractivity contribution is 6.33. The molecule has 1 aliphatic carbocycles. The van der Waals surface area contributed by atoms with Crippen molar-refractivity contribution in [3.8, 4) is 17.6 Å². The smallest absolute Gasteiger partial charge is 0.236 e. The zero-order valence-electron chi connectivity index (χ0n) is 15.1. The maximum Gasteiger partial charge on any atom is 0.236 e. The van der Waals surface area contributed by atoms with Crippen LogP contribution >= 0.6 is 11.6 Å². The quantitative estimate of drug-likeness (QED) is 0.651. The molecule has 1 aliphatic heterocycles. The van der Waals surface area contributed by atoms with Crippen LogP contribution in [0.1, 0.15) is 49.7 Å². The van der Waals surface area contributed by atoms with Crippen molar-refractivity contribution in [3.05, 3.63) is 28.3 Å². The molecule has 3 rings (SSSR count). The van der Waals surface area contributed by atoms with Gasteiger partial charge in [0.2, 0.25) is 5.91 Å². The molecule has 1 atom stereocenters. The second-order valence-electron chi connectivity index (χ2n) is 6.75. The van der Waals surface area contributed by atoms with Crippen molar-refractivity contribution >= 4 is 23.3 Å². The fraction of sp³-hybridized carbons (Fsp3) is 0.500. The Labute approximate surface area is 158 Å². The molecular weight excluding hydrogens is 354 g/mol. The third-order valence-corrected chi connectivity index (χ3v) is 5.66. The van der Waals surface area contributed by atoms with Crippen molar-refractivity contribution in [3.63, 3.8) is 0 Å². The summed E-state index contributed by atoms with van der Waals surface area (Å²) in [4.78, 5) is 26.0. The molecule has 0 bridgehead atoms. The minimum atomic E-state index is -0.958. The average molecular weight is 376 g/mol. The van der Waals surface area contributed by atoms with Gasteiger partial charge in [0.25, 0.3) is 0 Å². The van der Waals surface area contributed by atoms with Crippen molar-refractivity contribution < 1.29 is 19.1 Å². The molecule has 0 radical (unpaired) electrons. The number of hydrogen-bond acceptors (Lipinski definition) is 4. The second kappa shape index (κ2) is 7.30. The van der Waals surface area contributed by atoms with Gasteiger partial charge in [-0.2, -0.15) is 0 Å². The summed E-state index contributed by atoms with van der Waals surface area (Å²) in [5.74, 6) is 4.72. The van der Waals surface area contributed by atoms with Crippen LogP contribution in [0.5, 0.6) is 5.75 Å². The highest BCUT2D eigenvalue weighted by Crippen LogP contribution is 2.44. The van der Waals surface area contributed by atoms with E-state index in [-0.39, 0.29) is 17.8 Å². The number of ketones is 1. The lowest BCUT2D eigenvalue weighted by atomic mass is 9.76. The maximum atomic E-state index is 13.3. The van der Waals surface area contributed by atoms with E-state index in [4.69, 9.17) is 21.1 Å². The van der Waals surface area contributed by atoms with Crippen LogP contribution in [0.25, 0.3) is 0 Å². The van der Waals surface area contributed by atoms with Crippen LogP contribution in [0.2, 0.25) is 5.02 Å². The Kier molecular flexibility index (Phi) is 5.27. The molecule has 5 nitrogen and oxygen atoms in total. The van der Waals surface area contributed by atoms with Crippen LogP contribution in [-0.2, 0) is 14.3 Å². The van der Waals surface area contributed by atoms with Gasteiger partial charge in [0.1, 0.15) is 11.7 Å². The van der Waals surface area contributed by atoms with E-state index >= 15 is 0 Å². The molecule has 1 unspecified atom stereocenters. The zero-order chi connectivity index (χ0) is 18.9. The fourth-order valence-electron chi connectivity index (χ4n) is 3.98. The lowest BCUT2D eigenvalue weighted by Gasteiger charge is -2.35. The maximum absolute atomic E-state index is 13.3. The first-order chi connectivity index (χ1) is 12.5. The molecule has 138 valence electrons. The van der Waals surface area contributed by atoms with Crippen LogP contribution < -0.4 is 10.1 Å². The largest absolute Gasteiger partial charge is 0.496 e. The summed E-state index contributed by atoms with van der Waals surface area (Å²) in [5.41, 5.74) is 0.274. The molecule has 1 heterocycles. The van der Waals surface area contributed by atoms with Gasteiger partial charge in [-0.1, -0.05) is 17.5 Å². The van der Waals surface area contributed by atoms with Crippen molar-refractivity contribution in [2.75, 3.05) is 14.2 Å². The summed E-state index contributed by atoms with van der Waals surface area (Å²) < 4.78 is 10.8. The van der Waals surface area contributed by atoms with Gasteiger partial charge in [-0.25, -0.2) is 0 Å². The Hall–Kier alpha value is -2.03. The predicted molar refractivity (Wildman–Crippen MR) is 98.4 cm³/mol.